The number of rotatable bonds is 4. The van der Waals surface area contributed by atoms with E-state index in [0.717, 1.165) is 24.2 Å². The molecule has 0 bridgehead atoms. The summed E-state index contributed by atoms with van der Waals surface area (Å²) in [4.78, 5) is 0. The van der Waals surface area contributed by atoms with Crippen LogP contribution in [-0.2, 0) is 0 Å². The highest BCUT2D eigenvalue weighted by Gasteiger charge is 1.86. The predicted octanol–water partition coefficient (Wildman–Crippen LogP) is 2.08. The number of allylic oxidation sites excluding steroid dienone is 1. The van der Waals surface area contributed by atoms with Gasteiger partial charge in [-0.25, -0.2) is 0 Å². The maximum atomic E-state index is 3.79. The van der Waals surface area contributed by atoms with E-state index in [4.69, 9.17) is 0 Å². The topological polar surface area (TPSA) is 12.0 Å². The zero-order chi connectivity index (χ0) is 7.28. The predicted molar refractivity (Wildman–Crippen MR) is 42.2 cm³/mol. The fourth-order valence-electron chi connectivity index (χ4n) is 0.401. The van der Waals surface area contributed by atoms with Crippen LogP contribution < -0.4 is 5.32 Å². The van der Waals surface area contributed by atoms with Gasteiger partial charge >= 0.3 is 0 Å². The Labute approximate surface area is 57.5 Å². The van der Waals surface area contributed by atoms with E-state index in [1.165, 1.54) is 0 Å². The summed E-state index contributed by atoms with van der Waals surface area (Å²) >= 11 is 0. The van der Waals surface area contributed by atoms with Crippen LogP contribution in [-0.4, -0.2) is 6.54 Å². The summed E-state index contributed by atoms with van der Waals surface area (Å²) in [6.45, 7) is 12.5. The van der Waals surface area contributed by atoms with Crippen LogP contribution in [0, 0.1) is 0 Å². The van der Waals surface area contributed by atoms with Crippen molar-refractivity contribution in [2.75, 3.05) is 6.54 Å². The SMILES string of the molecule is C=C(C)CNC(=C)CC. The molecule has 1 nitrogen and oxygen atoms in total. The average Bonchev–Trinajstić information content (AvgIpc) is 1.83. The average molecular weight is 125 g/mol. The van der Waals surface area contributed by atoms with Crippen molar-refractivity contribution in [3.63, 3.8) is 0 Å². The highest BCUT2D eigenvalue weighted by molar-refractivity contribution is 4.98. The van der Waals surface area contributed by atoms with Crippen molar-refractivity contribution < 1.29 is 0 Å². The van der Waals surface area contributed by atoms with Gasteiger partial charge in [-0.1, -0.05) is 25.7 Å². The van der Waals surface area contributed by atoms with Crippen molar-refractivity contribution >= 4 is 0 Å². The highest BCUT2D eigenvalue weighted by atomic mass is 14.9. The van der Waals surface area contributed by atoms with Crippen molar-refractivity contribution in [1.29, 1.82) is 0 Å². The van der Waals surface area contributed by atoms with Gasteiger partial charge in [0.15, 0.2) is 0 Å². The van der Waals surface area contributed by atoms with Crippen molar-refractivity contribution in [3.05, 3.63) is 24.4 Å². The summed E-state index contributed by atoms with van der Waals surface area (Å²) in [6, 6.07) is 0. The van der Waals surface area contributed by atoms with Gasteiger partial charge in [0, 0.05) is 12.2 Å². The van der Waals surface area contributed by atoms with E-state index in [-0.39, 0.29) is 0 Å². The number of hydrogen-bond acceptors (Lipinski definition) is 1. The molecule has 0 rings (SSSR count). The quantitative estimate of drug-likeness (QED) is 0.567. The zero-order valence-electron chi connectivity index (χ0n) is 6.33. The van der Waals surface area contributed by atoms with Gasteiger partial charge in [0.05, 0.1) is 0 Å². The molecule has 0 heterocycles. The molecule has 0 spiro atoms. The van der Waals surface area contributed by atoms with Crippen molar-refractivity contribution in [2.24, 2.45) is 0 Å². The Morgan fingerprint density at radius 2 is 2.00 bits per heavy atom. The fraction of sp³-hybridized carbons (Fsp3) is 0.500. The summed E-state index contributed by atoms with van der Waals surface area (Å²) in [7, 11) is 0. The van der Waals surface area contributed by atoms with E-state index < -0.39 is 0 Å². The standard InChI is InChI=1S/C8H15N/c1-5-8(4)9-6-7(2)3/h9H,2,4-6H2,1,3H3. The van der Waals surface area contributed by atoms with E-state index in [9.17, 15) is 0 Å². The summed E-state index contributed by atoms with van der Waals surface area (Å²) < 4.78 is 0. The maximum absolute atomic E-state index is 3.79. The first kappa shape index (κ1) is 8.28. The van der Waals surface area contributed by atoms with Crippen LogP contribution in [0.4, 0.5) is 0 Å². The lowest BCUT2D eigenvalue weighted by atomic mass is 10.3. The molecule has 0 aliphatic rings. The molecule has 0 unspecified atom stereocenters. The molecule has 0 aliphatic carbocycles. The van der Waals surface area contributed by atoms with Gasteiger partial charge in [-0.15, -0.1) is 0 Å². The second-order valence-electron chi connectivity index (χ2n) is 2.27. The molecule has 0 saturated heterocycles. The first-order valence-electron chi connectivity index (χ1n) is 3.22. The Bertz CT molecular complexity index is 114. The van der Waals surface area contributed by atoms with Crippen molar-refractivity contribution in [2.45, 2.75) is 20.3 Å². The Morgan fingerprint density at radius 3 is 2.33 bits per heavy atom. The molecule has 0 atom stereocenters. The minimum absolute atomic E-state index is 0.854. The molecule has 0 aromatic carbocycles. The first-order chi connectivity index (χ1) is 4.16. The highest BCUT2D eigenvalue weighted by Crippen LogP contribution is 1.91. The second kappa shape index (κ2) is 4.19. The number of nitrogens with one attached hydrogen (secondary N) is 1. The monoisotopic (exact) mass is 125 g/mol. The summed E-state index contributed by atoms with van der Waals surface area (Å²) in [6.07, 6.45) is 0.993. The van der Waals surface area contributed by atoms with E-state index in [1.54, 1.807) is 0 Å². The lowest BCUT2D eigenvalue weighted by Gasteiger charge is -2.05. The molecule has 0 fully saturated rings. The second-order valence-corrected chi connectivity index (χ2v) is 2.27. The minimum Gasteiger partial charge on any atom is -0.385 e. The van der Waals surface area contributed by atoms with Crippen molar-refractivity contribution in [3.8, 4) is 0 Å². The fourth-order valence-corrected chi connectivity index (χ4v) is 0.401. The van der Waals surface area contributed by atoms with Crippen LogP contribution in [0.1, 0.15) is 20.3 Å². The third-order valence-corrected chi connectivity index (χ3v) is 1.07. The first-order valence-corrected chi connectivity index (χ1v) is 3.22. The summed E-state index contributed by atoms with van der Waals surface area (Å²) in [5, 5.41) is 3.14. The van der Waals surface area contributed by atoms with Crippen LogP contribution in [0.2, 0.25) is 0 Å². The molecule has 1 N–H and O–H groups in total. The molecule has 9 heavy (non-hydrogen) atoms. The smallest absolute Gasteiger partial charge is 0.0351 e. The maximum Gasteiger partial charge on any atom is 0.0351 e. The van der Waals surface area contributed by atoms with Gasteiger partial charge in [0.1, 0.15) is 0 Å². The molecular formula is C8H15N. The molecule has 0 saturated carbocycles. The minimum atomic E-state index is 0.854. The Hall–Kier alpha value is -0.720. The van der Waals surface area contributed by atoms with E-state index in [2.05, 4.69) is 25.4 Å². The molecule has 52 valence electrons. The third-order valence-electron chi connectivity index (χ3n) is 1.07. The summed E-state index contributed by atoms with van der Waals surface area (Å²) in [5.74, 6) is 0. The lowest BCUT2D eigenvalue weighted by Crippen LogP contribution is -2.13. The molecule has 0 amide bonds. The van der Waals surface area contributed by atoms with Gasteiger partial charge in [0.2, 0.25) is 0 Å². The normalized spacial score (nSPS) is 8.67. The Balaban J connectivity index is 3.28. The third kappa shape index (κ3) is 5.15. The molecule has 1 heteroatoms. The lowest BCUT2D eigenvalue weighted by molar-refractivity contribution is 0.826. The van der Waals surface area contributed by atoms with Gasteiger partial charge in [-0.05, 0) is 13.3 Å². The van der Waals surface area contributed by atoms with Gasteiger partial charge in [-0.2, -0.15) is 0 Å². The number of hydrogen-bond donors (Lipinski definition) is 1. The molecule has 0 radical (unpaired) electrons. The Kier molecular flexibility index (Phi) is 3.85. The Morgan fingerprint density at radius 1 is 1.44 bits per heavy atom. The van der Waals surface area contributed by atoms with Crippen LogP contribution in [0.5, 0.6) is 0 Å². The van der Waals surface area contributed by atoms with Crippen molar-refractivity contribution in [1.82, 2.24) is 5.32 Å². The van der Waals surface area contributed by atoms with E-state index in [1.807, 2.05) is 6.92 Å². The molecule has 0 aromatic rings. The zero-order valence-corrected chi connectivity index (χ0v) is 6.33. The van der Waals surface area contributed by atoms with E-state index >= 15 is 0 Å². The van der Waals surface area contributed by atoms with Crippen LogP contribution in [0.25, 0.3) is 0 Å². The van der Waals surface area contributed by atoms with Crippen LogP contribution in [0.3, 0.4) is 0 Å². The van der Waals surface area contributed by atoms with Crippen LogP contribution >= 0.6 is 0 Å². The van der Waals surface area contributed by atoms with Gasteiger partial charge in [0.25, 0.3) is 0 Å². The molecule has 0 aliphatic heterocycles. The van der Waals surface area contributed by atoms with Crippen LogP contribution in [0.15, 0.2) is 24.4 Å². The van der Waals surface area contributed by atoms with E-state index in [0.29, 0.717) is 0 Å². The molecular weight excluding hydrogens is 110 g/mol. The largest absolute Gasteiger partial charge is 0.385 e. The molecule has 0 aromatic heterocycles. The van der Waals surface area contributed by atoms with Gasteiger partial charge < -0.3 is 5.32 Å². The summed E-state index contributed by atoms with van der Waals surface area (Å²) in [5.41, 5.74) is 2.22. The van der Waals surface area contributed by atoms with Gasteiger partial charge in [-0.3, -0.25) is 0 Å².